The molecule has 154 valence electrons. The number of carbonyl (C=O) groups excluding carboxylic acids is 1. The van der Waals surface area contributed by atoms with E-state index < -0.39 is 6.03 Å². The fourth-order valence-electron chi connectivity index (χ4n) is 2.78. The molecule has 0 unspecified atom stereocenters. The lowest BCUT2D eigenvalue weighted by Gasteiger charge is -2.26. The predicted molar refractivity (Wildman–Crippen MR) is 115 cm³/mol. The van der Waals surface area contributed by atoms with Gasteiger partial charge in [-0.25, -0.2) is 14.8 Å². The maximum absolute atomic E-state index is 12.3. The standard InChI is InChI=1S/C18H21Cl2N7O2/c19-12-1-2-15(14(20)9-12)25-18(28)26-17-13(10-21)16(23-11-24-17)22-3-4-27-5-7-29-8-6-27/h1-2,9-11,21H,3-8H2,(H3,22,23,24,25,26,28). The van der Waals surface area contributed by atoms with Gasteiger partial charge in [-0.2, -0.15) is 0 Å². The molecule has 3 rings (SSSR count). The van der Waals surface area contributed by atoms with Gasteiger partial charge in [-0.15, -0.1) is 0 Å². The lowest BCUT2D eigenvalue weighted by Crippen LogP contribution is -2.39. The fourth-order valence-corrected chi connectivity index (χ4v) is 3.24. The number of ether oxygens (including phenoxy) is 1. The van der Waals surface area contributed by atoms with E-state index in [1.165, 1.54) is 12.4 Å². The van der Waals surface area contributed by atoms with Crippen LogP contribution in [0.2, 0.25) is 10.0 Å². The van der Waals surface area contributed by atoms with Gasteiger partial charge in [-0.1, -0.05) is 23.2 Å². The van der Waals surface area contributed by atoms with Crippen LogP contribution in [0, 0.1) is 5.41 Å². The number of carbonyl (C=O) groups is 1. The van der Waals surface area contributed by atoms with Crippen LogP contribution in [0.4, 0.5) is 22.1 Å². The molecular formula is C18H21Cl2N7O2. The van der Waals surface area contributed by atoms with Crippen molar-refractivity contribution in [3.63, 3.8) is 0 Å². The zero-order chi connectivity index (χ0) is 20.6. The monoisotopic (exact) mass is 437 g/mol. The Balaban J connectivity index is 1.62. The van der Waals surface area contributed by atoms with Crippen LogP contribution in [0.1, 0.15) is 5.56 Å². The lowest BCUT2D eigenvalue weighted by molar-refractivity contribution is 0.0398. The number of rotatable bonds is 7. The summed E-state index contributed by atoms with van der Waals surface area (Å²) in [5.74, 6) is 0.689. The van der Waals surface area contributed by atoms with Crippen LogP contribution < -0.4 is 16.0 Å². The second-order valence-corrected chi connectivity index (χ2v) is 7.06. The third-order valence-corrected chi connectivity index (χ3v) is 4.81. The third-order valence-electron chi connectivity index (χ3n) is 4.26. The van der Waals surface area contributed by atoms with Gasteiger partial charge in [0.05, 0.1) is 29.5 Å². The molecular weight excluding hydrogens is 417 g/mol. The normalized spacial score (nSPS) is 14.3. The molecule has 0 bridgehead atoms. The van der Waals surface area contributed by atoms with Crippen molar-refractivity contribution in [3.8, 4) is 0 Å². The first-order valence-electron chi connectivity index (χ1n) is 8.99. The number of hydrogen-bond donors (Lipinski definition) is 4. The number of halogens is 2. The summed E-state index contributed by atoms with van der Waals surface area (Å²) >= 11 is 11.9. The van der Waals surface area contributed by atoms with Crippen LogP contribution in [-0.2, 0) is 4.74 Å². The van der Waals surface area contributed by atoms with Crippen molar-refractivity contribution in [1.82, 2.24) is 14.9 Å². The molecule has 0 radical (unpaired) electrons. The van der Waals surface area contributed by atoms with Gasteiger partial charge in [0.15, 0.2) is 0 Å². The molecule has 1 aliphatic rings. The van der Waals surface area contributed by atoms with E-state index >= 15 is 0 Å². The van der Waals surface area contributed by atoms with E-state index in [0.717, 1.165) is 39.1 Å². The number of aromatic nitrogens is 2. The fraction of sp³-hybridized carbons (Fsp3) is 0.333. The Morgan fingerprint density at radius 2 is 1.97 bits per heavy atom. The van der Waals surface area contributed by atoms with Crippen molar-refractivity contribution in [3.05, 3.63) is 40.1 Å². The molecule has 1 saturated heterocycles. The van der Waals surface area contributed by atoms with E-state index in [4.69, 9.17) is 33.3 Å². The second kappa shape index (κ2) is 10.4. The third kappa shape index (κ3) is 6.01. The first-order chi connectivity index (χ1) is 14.1. The van der Waals surface area contributed by atoms with Crippen LogP contribution in [0.25, 0.3) is 0 Å². The SMILES string of the molecule is N=Cc1c(NCCN2CCOCC2)ncnc1NC(=O)Nc1ccc(Cl)cc1Cl. The number of benzene rings is 1. The first-order valence-corrected chi connectivity index (χ1v) is 9.75. The molecule has 2 aromatic rings. The molecule has 2 heterocycles. The van der Waals surface area contributed by atoms with Gasteiger partial charge in [0.1, 0.15) is 18.0 Å². The Bertz CT molecular complexity index is 875. The summed E-state index contributed by atoms with van der Waals surface area (Å²) < 4.78 is 5.34. The summed E-state index contributed by atoms with van der Waals surface area (Å²) in [6, 6.07) is 4.20. The summed E-state index contributed by atoms with van der Waals surface area (Å²) in [5.41, 5.74) is 0.787. The number of nitrogens with one attached hydrogen (secondary N) is 4. The predicted octanol–water partition coefficient (Wildman–Crippen LogP) is 3.17. The minimum Gasteiger partial charge on any atom is -0.379 e. The topological polar surface area (TPSA) is 115 Å². The molecule has 2 amide bonds. The van der Waals surface area contributed by atoms with Gasteiger partial charge in [0.2, 0.25) is 0 Å². The number of urea groups is 1. The average molecular weight is 438 g/mol. The van der Waals surface area contributed by atoms with Gasteiger partial charge < -0.3 is 20.8 Å². The highest BCUT2D eigenvalue weighted by Gasteiger charge is 2.14. The van der Waals surface area contributed by atoms with Crippen molar-refractivity contribution < 1.29 is 9.53 Å². The highest BCUT2D eigenvalue weighted by molar-refractivity contribution is 6.36. The van der Waals surface area contributed by atoms with Crippen molar-refractivity contribution >= 4 is 52.8 Å². The number of amides is 2. The van der Waals surface area contributed by atoms with Crippen molar-refractivity contribution in [2.24, 2.45) is 0 Å². The van der Waals surface area contributed by atoms with E-state index in [0.29, 0.717) is 33.7 Å². The molecule has 9 nitrogen and oxygen atoms in total. The molecule has 1 fully saturated rings. The van der Waals surface area contributed by atoms with Gasteiger partial charge in [0.25, 0.3) is 0 Å². The minimum absolute atomic E-state index is 0.214. The Hall–Kier alpha value is -2.46. The number of nitrogens with zero attached hydrogens (tertiary/aromatic N) is 3. The Kier molecular flexibility index (Phi) is 7.59. The first kappa shape index (κ1) is 21.3. The Morgan fingerprint density at radius 3 is 2.69 bits per heavy atom. The Morgan fingerprint density at radius 1 is 1.21 bits per heavy atom. The van der Waals surface area contributed by atoms with Crippen LogP contribution in [0.3, 0.4) is 0 Å². The highest BCUT2D eigenvalue weighted by atomic mass is 35.5. The molecule has 0 spiro atoms. The van der Waals surface area contributed by atoms with Crippen LogP contribution in [-0.4, -0.2) is 66.5 Å². The Labute approximate surface area is 178 Å². The van der Waals surface area contributed by atoms with E-state index in [2.05, 4.69) is 30.8 Å². The molecule has 11 heteroatoms. The summed E-state index contributed by atoms with van der Waals surface area (Å²) in [5, 5.41) is 16.9. The van der Waals surface area contributed by atoms with Gasteiger partial charge >= 0.3 is 6.03 Å². The largest absolute Gasteiger partial charge is 0.379 e. The van der Waals surface area contributed by atoms with Gasteiger partial charge in [-0.05, 0) is 18.2 Å². The van der Waals surface area contributed by atoms with Crippen molar-refractivity contribution in [1.29, 1.82) is 5.41 Å². The maximum atomic E-state index is 12.3. The van der Waals surface area contributed by atoms with Crippen LogP contribution >= 0.6 is 23.2 Å². The van der Waals surface area contributed by atoms with Crippen LogP contribution in [0.5, 0.6) is 0 Å². The zero-order valence-corrected chi connectivity index (χ0v) is 17.1. The molecule has 1 aliphatic heterocycles. The lowest BCUT2D eigenvalue weighted by atomic mass is 10.3. The molecule has 0 saturated carbocycles. The van der Waals surface area contributed by atoms with Gasteiger partial charge in [0, 0.05) is 37.4 Å². The molecule has 29 heavy (non-hydrogen) atoms. The molecule has 0 atom stereocenters. The highest BCUT2D eigenvalue weighted by Crippen LogP contribution is 2.25. The second-order valence-electron chi connectivity index (χ2n) is 6.21. The van der Waals surface area contributed by atoms with E-state index in [1.54, 1.807) is 12.1 Å². The zero-order valence-electron chi connectivity index (χ0n) is 15.5. The average Bonchev–Trinajstić information content (AvgIpc) is 2.71. The van der Waals surface area contributed by atoms with Crippen molar-refractivity contribution in [2.45, 2.75) is 0 Å². The van der Waals surface area contributed by atoms with Crippen molar-refractivity contribution in [2.75, 3.05) is 55.3 Å². The van der Waals surface area contributed by atoms with E-state index in [-0.39, 0.29) is 5.82 Å². The van der Waals surface area contributed by atoms with Gasteiger partial charge in [-0.3, -0.25) is 10.2 Å². The molecule has 4 N–H and O–H groups in total. The number of hydrogen-bond acceptors (Lipinski definition) is 7. The van der Waals surface area contributed by atoms with E-state index in [9.17, 15) is 4.79 Å². The van der Waals surface area contributed by atoms with E-state index in [1.807, 2.05) is 0 Å². The summed E-state index contributed by atoms with van der Waals surface area (Å²) in [7, 11) is 0. The smallest absolute Gasteiger partial charge is 0.324 e. The summed E-state index contributed by atoms with van der Waals surface area (Å²) in [6.45, 7) is 4.72. The molecule has 1 aromatic heterocycles. The maximum Gasteiger partial charge on any atom is 0.324 e. The molecule has 1 aromatic carbocycles. The molecule has 0 aliphatic carbocycles. The number of anilines is 3. The quantitative estimate of drug-likeness (QED) is 0.494. The summed E-state index contributed by atoms with van der Waals surface area (Å²) in [6.07, 6.45) is 2.43. The summed E-state index contributed by atoms with van der Waals surface area (Å²) in [4.78, 5) is 22.9. The van der Waals surface area contributed by atoms with Crippen LogP contribution in [0.15, 0.2) is 24.5 Å². The number of morpholine rings is 1. The minimum atomic E-state index is -0.546.